The van der Waals surface area contributed by atoms with Crippen molar-refractivity contribution in [2.75, 3.05) is 19.6 Å². The zero-order valence-corrected chi connectivity index (χ0v) is 11.0. The van der Waals surface area contributed by atoms with Gasteiger partial charge in [0.15, 0.2) is 0 Å². The lowest BCUT2D eigenvalue weighted by molar-refractivity contribution is 0.247. The van der Waals surface area contributed by atoms with Crippen LogP contribution in [0.2, 0.25) is 0 Å². The Morgan fingerprint density at radius 3 is 2.63 bits per heavy atom. The summed E-state index contributed by atoms with van der Waals surface area (Å²) < 4.78 is 0. The molecule has 1 atom stereocenters. The molecule has 3 N–H and O–H groups in total. The number of likely N-dealkylation sites (tertiary alicyclic amines) is 1. The van der Waals surface area contributed by atoms with E-state index in [-0.39, 0.29) is 6.04 Å². The highest BCUT2D eigenvalue weighted by atomic mass is 15.2. The van der Waals surface area contributed by atoms with Crippen molar-refractivity contribution in [2.24, 2.45) is 5.73 Å². The zero-order chi connectivity index (χ0) is 13.1. The highest BCUT2D eigenvalue weighted by Gasteiger charge is 2.23. The molecule has 0 amide bonds. The Labute approximate surface area is 113 Å². The molecule has 100 valence electrons. The molecule has 1 saturated heterocycles. The fourth-order valence-corrected chi connectivity index (χ4v) is 2.77. The highest BCUT2D eigenvalue weighted by molar-refractivity contribution is 5.54. The van der Waals surface area contributed by atoms with Crippen molar-refractivity contribution < 1.29 is 0 Å². The average molecular weight is 256 g/mol. The zero-order valence-electron chi connectivity index (χ0n) is 11.0. The Morgan fingerprint density at radius 2 is 1.95 bits per heavy atom. The molecule has 0 aliphatic carbocycles. The lowest BCUT2D eigenvalue weighted by atomic mass is 10.2. The van der Waals surface area contributed by atoms with Crippen LogP contribution in [-0.2, 0) is 0 Å². The lowest BCUT2D eigenvalue weighted by Gasteiger charge is -2.24. The molecule has 19 heavy (non-hydrogen) atoms. The summed E-state index contributed by atoms with van der Waals surface area (Å²) in [4.78, 5) is 10.4. The number of imidazole rings is 1. The number of nitrogens with one attached hydrogen (secondary N) is 1. The van der Waals surface area contributed by atoms with Crippen LogP contribution in [-0.4, -0.2) is 34.5 Å². The van der Waals surface area contributed by atoms with Gasteiger partial charge in [0, 0.05) is 12.1 Å². The molecule has 1 aromatic carbocycles. The standard InChI is InChI=1S/C15H20N4/c16-10-14(19-8-4-5-9-19)13-11-17-15(18-13)12-6-2-1-3-7-12/h1-3,6-7,11,14H,4-5,8-10,16H2,(H,17,18). The Kier molecular flexibility index (Phi) is 3.62. The van der Waals surface area contributed by atoms with Crippen molar-refractivity contribution in [3.63, 3.8) is 0 Å². The van der Waals surface area contributed by atoms with Crippen LogP contribution in [0.3, 0.4) is 0 Å². The van der Waals surface area contributed by atoms with Gasteiger partial charge in [-0.25, -0.2) is 4.98 Å². The predicted molar refractivity (Wildman–Crippen MR) is 76.6 cm³/mol. The second kappa shape index (κ2) is 5.55. The van der Waals surface area contributed by atoms with E-state index in [0.717, 1.165) is 30.2 Å². The van der Waals surface area contributed by atoms with Crippen molar-refractivity contribution in [1.82, 2.24) is 14.9 Å². The minimum Gasteiger partial charge on any atom is -0.341 e. The molecular formula is C15H20N4. The maximum absolute atomic E-state index is 5.94. The minimum absolute atomic E-state index is 0.271. The Balaban J connectivity index is 1.83. The third-order valence-corrected chi connectivity index (χ3v) is 3.81. The van der Waals surface area contributed by atoms with Gasteiger partial charge in [0.05, 0.1) is 17.9 Å². The van der Waals surface area contributed by atoms with Crippen LogP contribution < -0.4 is 5.73 Å². The average Bonchev–Trinajstić information content (AvgIpc) is 3.12. The highest BCUT2D eigenvalue weighted by Crippen LogP contribution is 2.25. The second-order valence-corrected chi connectivity index (χ2v) is 5.05. The number of nitrogens with zero attached hydrogens (tertiary/aromatic N) is 2. The number of hydrogen-bond acceptors (Lipinski definition) is 3. The van der Waals surface area contributed by atoms with E-state index < -0.39 is 0 Å². The van der Waals surface area contributed by atoms with Gasteiger partial charge in [-0.05, 0) is 25.9 Å². The largest absolute Gasteiger partial charge is 0.341 e. The van der Waals surface area contributed by atoms with Crippen LogP contribution in [0.15, 0.2) is 36.5 Å². The Hall–Kier alpha value is -1.65. The van der Waals surface area contributed by atoms with Crippen molar-refractivity contribution in [3.8, 4) is 11.4 Å². The van der Waals surface area contributed by atoms with Crippen molar-refractivity contribution >= 4 is 0 Å². The number of aromatic amines is 1. The summed E-state index contributed by atoms with van der Waals surface area (Å²) in [6.45, 7) is 2.92. The predicted octanol–water partition coefficient (Wildman–Crippen LogP) is 2.17. The number of hydrogen-bond donors (Lipinski definition) is 2. The summed E-state index contributed by atoms with van der Waals surface area (Å²) in [5.41, 5.74) is 8.19. The van der Waals surface area contributed by atoms with E-state index in [0.29, 0.717) is 6.54 Å². The van der Waals surface area contributed by atoms with Gasteiger partial charge in [0.1, 0.15) is 5.82 Å². The van der Waals surface area contributed by atoms with Crippen molar-refractivity contribution in [3.05, 3.63) is 42.2 Å². The molecule has 3 rings (SSSR count). The fraction of sp³-hybridized carbons (Fsp3) is 0.400. The monoisotopic (exact) mass is 256 g/mol. The van der Waals surface area contributed by atoms with Crippen LogP contribution in [0.1, 0.15) is 24.6 Å². The van der Waals surface area contributed by atoms with Gasteiger partial charge in [-0.1, -0.05) is 30.3 Å². The molecule has 1 unspecified atom stereocenters. The van der Waals surface area contributed by atoms with E-state index in [1.807, 2.05) is 24.4 Å². The van der Waals surface area contributed by atoms with E-state index in [2.05, 4.69) is 27.0 Å². The van der Waals surface area contributed by atoms with E-state index in [1.54, 1.807) is 0 Å². The summed E-state index contributed by atoms with van der Waals surface area (Å²) in [5.74, 6) is 0.924. The van der Waals surface area contributed by atoms with Crippen LogP contribution in [0.25, 0.3) is 11.4 Å². The van der Waals surface area contributed by atoms with Crippen LogP contribution in [0.5, 0.6) is 0 Å². The van der Waals surface area contributed by atoms with Crippen LogP contribution in [0, 0.1) is 0 Å². The van der Waals surface area contributed by atoms with Gasteiger partial charge in [-0.2, -0.15) is 0 Å². The molecule has 1 aromatic heterocycles. The van der Waals surface area contributed by atoms with E-state index in [4.69, 9.17) is 5.73 Å². The van der Waals surface area contributed by atoms with Gasteiger partial charge < -0.3 is 10.7 Å². The van der Waals surface area contributed by atoms with E-state index >= 15 is 0 Å². The normalized spacial score (nSPS) is 17.7. The Bertz CT molecular complexity index is 514. The maximum Gasteiger partial charge on any atom is 0.137 e. The maximum atomic E-state index is 5.94. The lowest BCUT2D eigenvalue weighted by Crippen LogP contribution is -2.31. The molecule has 0 bridgehead atoms. The molecule has 2 aromatic rings. The minimum atomic E-state index is 0.271. The number of benzene rings is 1. The molecule has 1 aliphatic rings. The molecular weight excluding hydrogens is 236 g/mol. The molecule has 0 saturated carbocycles. The molecule has 2 heterocycles. The smallest absolute Gasteiger partial charge is 0.137 e. The number of rotatable bonds is 4. The summed E-state index contributed by atoms with van der Waals surface area (Å²) >= 11 is 0. The van der Waals surface area contributed by atoms with Gasteiger partial charge >= 0.3 is 0 Å². The first-order valence-electron chi connectivity index (χ1n) is 6.93. The number of H-pyrrole nitrogens is 1. The van der Waals surface area contributed by atoms with Crippen molar-refractivity contribution in [2.45, 2.75) is 18.9 Å². The van der Waals surface area contributed by atoms with Gasteiger partial charge in [0.2, 0.25) is 0 Å². The molecule has 1 fully saturated rings. The van der Waals surface area contributed by atoms with Crippen LogP contribution >= 0.6 is 0 Å². The molecule has 4 heteroatoms. The topological polar surface area (TPSA) is 57.9 Å². The van der Waals surface area contributed by atoms with Crippen LogP contribution in [0.4, 0.5) is 0 Å². The molecule has 0 radical (unpaired) electrons. The quantitative estimate of drug-likeness (QED) is 0.881. The van der Waals surface area contributed by atoms with Gasteiger partial charge in [0.25, 0.3) is 0 Å². The third kappa shape index (κ3) is 2.55. The van der Waals surface area contributed by atoms with Gasteiger partial charge in [-0.15, -0.1) is 0 Å². The molecule has 1 aliphatic heterocycles. The molecule has 0 spiro atoms. The summed E-state index contributed by atoms with van der Waals surface area (Å²) in [7, 11) is 0. The number of aromatic nitrogens is 2. The number of nitrogens with two attached hydrogens (primary N) is 1. The van der Waals surface area contributed by atoms with Crippen molar-refractivity contribution in [1.29, 1.82) is 0 Å². The first-order valence-corrected chi connectivity index (χ1v) is 6.93. The Morgan fingerprint density at radius 1 is 1.21 bits per heavy atom. The van der Waals surface area contributed by atoms with E-state index in [1.165, 1.54) is 12.8 Å². The fourth-order valence-electron chi connectivity index (χ4n) is 2.77. The second-order valence-electron chi connectivity index (χ2n) is 5.05. The van der Waals surface area contributed by atoms with E-state index in [9.17, 15) is 0 Å². The first-order chi connectivity index (χ1) is 9.38. The molecule has 4 nitrogen and oxygen atoms in total. The summed E-state index contributed by atoms with van der Waals surface area (Å²) in [6.07, 6.45) is 4.48. The summed E-state index contributed by atoms with van der Waals surface area (Å²) in [6, 6.07) is 10.5. The van der Waals surface area contributed by atoms with Gasteiger partial charge in [-0.3, -0.25) is 4.90 Å². The third-order valence-electron chi connectivity index (χ3n) is 3.81. The SMILES string of the molecule is NCC(c1cnc(-c2ccccc2)[nH]1)N1CCCC1. The first kappa shape index (κ1) is 12.4. The summed E-state index contributed by atoms with van der Waals surface area (Å²) in [5, 5.41) is 0.